The van der Waals surface area contributed by atoms with E-state index in [0.29, 0.717) is 22.5 Å². The first-order valence-electron chi connectivity index (χ1n) is 9.36. The Morgan fingerprint density at radius 1 is 1.13 bits per heavy atom. The van der Waals surface area contributed by atoms with E-state index < -0.39 is 9.84 Å². The van der Waals surface area contributed by atoms with E-state index in [9.17, 15) is 13.2 Å². The van der Waals surface area contributed by atoms with E-state index in [4.69, 9.17) is 4.74 Å². The summed E-state index contributed by atoms with van der Waals surface area (Å²) in [6, 6.07) is 9.95. The molecule has 2 aromatic carbocycles. The lowest BCUT2D eigenvalue weighted by Gasteiger charge is -2.10. The van der Waals surface area contributed by atoms with Gasteiger partial charge in [0.1, 0.15) is 11.6 Å². The van der Waals surface area contributed by atoms with Crippen molar-refractivity contribution in [2.45, 2.75) is 11.8 Å². The minimum atomic E-state index is -3.40. The second-order valence-electron chi connectivity index (χ2n) is 7.09. The van der Waals surface area contributed by atoms with Crippen LogP contribution in [0.2, 0.25) is 0 Å². The minimum Gasteiger partial charge on any atom is -0.495 e. The Balaban J connectivity index is 1.70. The summed E-state index contributed by atoms with van der Waals surface area (Å²) >= 11 is 0. The van der Waals surface area contributed by atoms with Crippen molar-refractivity contribution in [3.05, 3.63) is 76.4 Å². The highest BCUT2D eigenvalue weighted by Crippen LogP contribution is 2.25. The zero-order chi connectivity index (χ0) is 22.2. The molecule has 31 heavy (non-hydrogen) atoms. The van der Waals surface area contributed by atoms with Crippen LogP contribution in [0, 0.1) is 6.92 Å². The van der Waals surface area contributed by atoms with Crippen LogP contribution in [0.25, 0.3) is 28.7 Å². The maximum absolute atomic E-state index is 12.4. The SMILES string of the molecule is COc1cc(C=Cc2nc3cc(S(C)(=O)=O)ccc3c(=O)[nH]2)ccc1-n1cnc(C)c1. The number of aromatic nitrogens is 4. The maximum Gasteiger partial charge on any atom is 0.259 e. The summed E-state index contributed by atoms with van der Waals surface area (Å²) in [6.07, 6.45) is 8.18. The van der Waals surface area contributed by atoms with Gasteiger partial charge in [0.15, 0.2) is 9.84 Å². The molecular weight excluding hydrogens is 416 g/mol. The van der Waals surface area contributed by atoms with Crippen LogP contribution >= 0.6 is 0 Å². The van der Waals surface area contributed by atoms with Gasteiger partial charge in [-0.25, -0.2) is 18.4 Å². The monoisotopic (exact) mass is 436 g/mol. The van der Waals surface area contributed by atoms with E-state index in [1.807, 2.05) is 35.9 Å². The predicted octanol–water partition coefficient (Wildman–Crippen LogP) is 3.00. The maximum atomic E-state index is 12.4. The molecule has 0 bridgehead atoms. The zero-order valence-electron chi connectivity index (χ0n) is 17.2. The smallest absolute Gasteiger partial charge is 0.259 e. The van der Waals surface area contributed by atoms with Gasteiger partial charge in [-0.1, -0.05) is 12.1 Å². The van der Waals surface area contributed by atoms with Gasteiger partial charge in [-0.15, -0.1) is 0 Å². The van der Waals surface area contributed by atoms with Crippen LogP contribution in [0.4, 0.5) is 0 Å². The lowest BCUT2D eigenvalue weighted by atomic mass is 10.1. The van der Waals surface area contributed by atoms with Crippen molar-refractivity contribution in [3.63, 3.8) is 0 Å². The number of methoxy groups -OCH3 is 1. The van der Waals surface area contributed by atoms with Crippen molar-refractivity contribution >= 4 is 32.9 Å². The largest absolute Gasteiger partial charge is 0.495 e. The molecule has 0 aliphatic rings. The third-order valence-corrected chi connectivity index (χ3v) is 5.86. The number of hydrogen-bond acceptors (Lipinski definition) is 6. The first-order chi connectivity index (χ1) is 14.7. The second kappa shape index (κ2) is 7.84. The van der Waals surface area contributed by atoms with Crippen molar-refractivity contribution in [2.24, 2.45) is 0 Å². The lowest BCUT2D eigenvalue weighted by molar-refractivity contribution is 0.413. The van der Waals surface area contributed by atoms with Crippen molar-refractivity contribution in [1.29, 1.82) is 0 Å². The summed E-state index contributed by atoms with van der Waals surface area (Å²) in [4.78, 5) is 23.8. The van der Waals surface area contributed by atoms with Gasteiger partial charge in [0.2, 0.25) is 0 Å². The van der Waals surface area contributed by atoms with Crippen molar-refractivity contribution < 1.29 is 13.2 Å². The Bertz CT molecular complexity index is 1480. The van der Waals surface area contributed by atoms with Crippen LogP contribution in [-0.4, -0.2) is 41.3 Å². The third-order valence-electron chi connectivity index (χ3n) is 4.75. The van der Waals surface area contributed by atoms with Gasteiger partial charge in [-0.05, 0) is 48.9 Å². The van der Waals surface area contributed by atoms with Gasteiger partial charge in [-0.3, -0.25) is 4.79 Å². The molecule has 158 valence electrons. The molecule has 0 unspecified atom stereocenters. The molecule has 0 saturated heterocycles. The van der Waals surface area contributed by atoms with Crippen LogP contribution in [0.1, 0.15) is 17.1 Å². The fourth-order valence-electron chi connectivity index (χ4n) is 3.19. The van der Waals surface area contributed by atoms with E-state index in [-0.39, 0.29) is 10.5 Å². The fraction of sp³-hybridized carbons (Fsp3) is 0.136. The number of ether oxygens (including phenoxy) is 1. The molecule has 0 aliphatic carbocycles. The first kappa shape index (κ1) is 20.5. The van der Waals surface area contributed by atoms with Crippen LogP contribution in [0.3, 0.4) is 0 Å². The van der Waals surface area contributed by atoms with Crippen LogP contribution in [-0.2, 0) is 9.84 Å². The number of fused-ring (bicyclic) bond motifs is 1. The number of H-pyrrole nitrogens is 1. The number of nitrogens with zero attached hydrogens (tertiary/aromatic N) is 3. The minimum absolute atomic E-state index is 0.114. The highest BCUT2D eigenvalue weighted by molar-refractivity contribution is 7.90. The van der Waals surface area contributed by atoms with Crippen LogP contribution in [0.15, 0.2) is 58.6 Å². The van der Waals surface area contributed by atoms with Gasteiger partial charge in [-0.2, -0.15) is 0 Å². The Labute approximate surface area is 178 Å². The van der Waals surface area contributed by atoms with Gasteiger partial charge < -0.3 is 14.3 Å². The molecule has 0 fully saturated rings. The average Bonchev–Trinajstić information content (AvgIpc) is 3.17. The van der Waals surface area contributed by atoms with Crippen molar-refractivity contribution in [1.82, 2.24) is 19.5 Å². The molecular formula is C22H20N4O4S. The highest BCUT2D eigenvalue weighted by Gasteiger charge is 2.11. The predicted molar refractivity (Wildman–Crippen MR) is 119 cm³/mol. The number of nitrogens with one attached hydrogen (secondary N) is 1. The average molecular weight is 436 g/mol. The molecule has 0 spiro atoms. The topological polar surface area (TPSA) is 107 Å². The van der Waals surface area contributed by atoms with Gasteiger partial charge in [0.25, 0.3) is 5.56 Å². The molecule has 1 N–H and O–H groups in total. The summed E-state index contributed by atoms with van der Waals surface area (Å²) < 4.78 is 31.0. The quantitative estimate of drug-likeness (QED) is 0.515. The summed E-state index contributed by atoms with van der Waals surface area (Å²) in [7, 11) is -1.80. The molecule has 0 saturated carbocycles. The number of imidazole rings is 1. The molecule has 0 radical (unpaired) electrons. The van der Waals surface area contributed by atoms with E-state index in [0.717, 1.165) is 23.2 Å². The van der Waals surface area contributed by atoms with Gasteiger partial charge in [0.05, 0.1) is 40.6 Å². The number of hydrogen-bond donors (Lipinski definition) is 1. The summed E-state index contributed by atoms with van der Waals surface area (Å²) in [5.41, 5.74) is 2.56. The zero-order valence-corrected chi connectivity index (χ0v) is 18.0. The Kier molecular flexibility index (Phi) is 5.20. The van der Waals surface area contributed by atoms with E-state index >= 15 is 0 Å². The van der Waals surface area contributed by atoms with Crippen LogP contribution in [0.5, 0.6) is 5.75 Å². The van der Waals surface area contributed by atoms with E-state index in [2.05, 4.69) is 15.0 Å². The first-order valence-corrected chi connectivity index (χ1v) is 11.2. The summed E-state index contributed by atoms with van der Waals surface area (Å²) in [5.74, 6) is 0.980. The molecule has 0 amide bonds. The molecule has 4 rings (SSSR count). The summed E-state index contributed by atoms with van der Waals surface area (Å²) in [5, 5.41) is 0.325. The van der Waals surface area contributed by atoms with Crippen LogP contribution < -0.4 is 10.3 Å². The Hall–Kier alpha value is -3.72. The lowest BCUT2D eigenvalue weighted by Crippen LogP contribution is -2.10. The number of rotatable bonds is 5. The number of benzene rings is 2. The second-order valence-corrected chi connectivity index (χ2v) is 9.10. The summed E-state index contributed by atoms with van der Waals surface area (Å²) in [6.45, 7) is 1.91. The van der Waals surface area contributed by atoms with Gasteiger partial charge >= 0.3 is 0 Å². The van der Waals surface area contributed by atoms with Gasteiger partial charge in [0, 0.05) is 12.5 Å². The molecule has 4 aromatic rings. The van der Waals surface area contributed by atoms with E-state index in [1.165, 1.54) is 18.2 Å². The standard InChI is InChI=1S/C22H20N4O4S/c1-14-12-26(13-23-14)19-8-4-15(10-20(19)30-2)5-9-21-24-18-11-16(31(3,28)29)6-7-17(18)22(27)25-21/h4-13H,1-3H3,(H,24,25,27). The molecule has 2 aromatic heterocycles. The third kappa shape index (κ3) is 4.26. The Morgan fingerprint density at radius 2 is 1.94 bits per heavy atom. The molecule has 0 atom stereocenters. The van der Waals surface area contributed by atoms with Crippen molar-refractivity contribution in [2.75, 3.05) is 13.4 Å². The normalized spacial score (nSPS) is 12.0. The number of aryl methyl sites for hydroxylation is 1. The number of aromatic amines is 1. The molecule has 0 aliphatic heterocycles. The highest BCUT2D eigenvalue weighted by atomic mass is 32.2. The molecule has 2 heterocycles. The Morgan fingerprint density at radius 3 is 2.61 bits per heavy atom. The van der Waals surface area contributed by atoms with Crippen molar-refractivity contribution in [3.8, 4) is 11.4 Å². The molecule has 9 heteroatoms. The van der Waals surface area contributed by atoms with E-state index in [1.54, 1.807) is 25.6 Å². The number of sulfone groups is 1. The fourth-order valence-corrected chi connectivity index (χ4v) is 3.83. The molecule has 8 nitrogen and oxygen atoms in total.